The lowest BCUT2D eigenvalue weighted by atomic mass is 9.95. The molecule has 8 heteroatoms. The van der Waals surface area contributed by atoms with Crippen LogP contribution in [0.1, 0.15) is 28.8 Å². The molecule has 0 bridgehead atoms. The lowest BCUT2D eigenvalue weighted by molar-refractivity contribution is -0.137. The maximum atomic E-state index is 12.7. The monoisotopic (exact) mass is 420 g/mol. The second kappa shape index (κ2) is 9.21. The first-order valence-electron chi connectivity index (χ1n) is 8.73. The number of rotatable bonds is 7. The molecule has 0 heterocycles. The first kappa shape index (κ1) is 21.0. The lowest BCUT2D eigenvalue weighted by Crippen LogP contribution is -2.34. The van der Waals surface area contributed by atoms with E-state index in [1.54, 1.807) is 0 Å². The summed E-state index contributed by atoms with van der Waals surface area (Å²) in [5.74, 6) is 0.0453. The fourth-order valence-corrected chi connectivity index (χ4v) is 3.62. The average molecular weight is 420 g/mol. The van der Waals surface area contributed by atoms with Crippen LogP contribution in [0.15, 0.2) is 84.9 Å². The summed E-state index contributed by atoms with van der Waals surface area (Å²) in [6.45, 7) is 0. The van der Waals surface area contributed by atoms with Crippen molar-refractivity contribution in [3.05, 3.63) is 102 Å². The van der Waals surface area contributed by atoms with Crippen LogP contribution in [0.25, 0.3) is 0 Å². The number of benzene rings is 3. The molecule has 0 fully saturated rings. The molecule has 152 valence electrons. The van der Waals surface area contributed by atoms with Gasteiger partial charge in [-0.3, -0.25) is 0 Å². The summed E-state index contributed by atoms with van der Waals surface area (Å²) in [6, 6.07) is 21.4. The first-order valence-corrected chi connectivity index (χ1v) is 9.81. The van der Waals surface area contributed by atoms with Crippen molar-refractivity contribution in [2.24, 2.45) is 5.73 Å². The summed E-state index contributed by atoms with van der Waals surface area (Å²) in [5.41, 5.74) is 7.23. The fraction of sp³-hybridized carbons (Fsp3) is 0.143. The van der Waals surface area contributed by atoms with Crippen molar-refractivity contribution in [1.82, 2.24) is 4.72 Å². The highest BCUT2D eigenvalue weighted by Gasteiger charge is 2.30. The number of nitrogens with two attached hydrogens (primary N) is 1. The Morgan fingerprint density at radius 2 is 1.34 bits per heavy atom. The maximum Gasteiger partial charge on any atom is 0.416 e. The topological polar surface area (TPSA) is 64.3 Å². The van der Waals surface area contributed by atoms with Crippen LogP contribution in [0.5, 0.6) is 5.75 Å². The van der Waals surface area contributed by atoms with Gasteiger partial charge in [0, 0.05) is 0 Å². The fourth-order valence-electron chi connectivity index (χ4n) is 2.79. The normalized spacial score (nSPS) is 14.8. The van der Waals surface area contributed by atoms with Crippen LogP contribution in [-0.4, -0.2) is 4.21 Å². The Kier molecular flexibility index (Phi) is 6.68. The van der Waals surface area contributed by atoms with Crippen molar-refractivity contribution in [3.8, 4) is 5.75 Å². The molecule has 4 nitrogen and oxygen atoms in total. The minimum Gasteiger partial charge on any atom is -0.389 e. The highest BCUT2D eigenvalue weighted by atomic mass is 32.2. The van der Waals surface area contributed by atoms with Crippen LogP contribution >= 0.6 is 0 Å². The predicted octanol–water partition coefficient (Wildman–Crippen LogP) is 4.69. The summed E-state index contributed by atoms with van der Waals surface area (Å²) in [6.07, 6.45) is -4.45. The Hall–Kier alpha value is -2.68. The minimum atomic E-state index is -4.45. The standard InChI is InChI=1S/C21H19F3N2O2S/c22-21(23,24)17-11-13-18(14-12-17)28-29(27)26-20(16-9-5-2-6-10-16)19(25)15-7-3-1-4-8-15/h1-14,19-20,26H,25H2/t19-,20-,29?/m1/s1. The number of hydrogen-bond donors (Lipinski definition) is 2. The molecule has 0 amide bonds. The molecule has 0 aliphatic carbocycles. The average Bonchev–Trinajstić information content (AvgIpc) is 2.72. The van der Waals surface area contributed by atoms with Gasteiger partial charge >= 0.3 is 6.18 Å². The van der Waals surface area contributed by atoms with Crippen molar-refractivity contribution in [1.29, 1.82) is 0 Å². The van der Waals surface area contributed by atoms with Gasteiger partial charge in [0.05, 0.1) is 17.6 Å². The van der Waals surface area contributed by atoms with Crippen LogP contribution in [0.2, 0.25) is 0 Å². The van der Waals surface area contributed by atoms with Gasteiger partial charge in [0.25, 0.3) is 11.3 Å². The molecule has 0 aliphatic heterocycles. The SMILES string of the molecule is N[C@H](c1ccccc1)[C@H](NS(=O)Oc1ccc(C(F)(F)F)cc1)c1ccccc1. The molecule has 0 radical (unpaired) electrons. The van der Waals surface area contributed by atoms with Gasteiger partial charge in [0.15, 0.2) is 0 Å². The molecule has 3 aromatic carbocycles. The highest BCUT2D eigenvalue weighted by molar-refractivity contribution is 7.78. The van der Waals surface area contributed by atoms with Crippen molar-refractivity contribution in [2.75, 3.05) is 0 Å². The molecule has 0 saturated heterocycles. The van der Waals surface area contributed by atoms with Gasteiger partial charge in [-0.15, -0.1) is 0 Å². The maximum absolute atomic E-state index is 12.7. The van der Waals surface area contributed by atoms with Crippen molar-refractivity contribution in [3.63, 3.8) is 0 Å². The summed E-state index contributed by atoms with van der Waals surface area (Å²) < 4.78 is 58.6. The summed E-state index contributed by atoms with van der Waals surface area (Å²) in [7, 11) is 0. The van der Waals surface area contributed by atoms with Crippen LogP contribution in [0, 0.1) is 0 Å². The Balaban J connectivity index is 1.76. The van der Waals surface area contributed by atoms with Gasteiger partial charge in [-0.1, -0.05) is 60.7 Å². The van der Waals surface area contributed by atoms with Crippen LogP contribution in [0.3, 0.4) is 0 Å². The molecule has 29 heavy (non-hydrogen) atoms. The van der Waals surface area contributed by atoms with E-state index in [2.05, 4.69) is 4.72 Å². The molecule has 3 aromatic rings. The third-order valence-electron chi connectivity index (χ3n) is 4.28. The van der Waals surface area contributed by atoms with Crippen LogP contribution < -0.4 is 14.6 Å². The summed E-state index contributed by atoms with van der Waals surface area (Å²) in [4.78, 5) is 0. The van der Waals surface area contributed by atoms with E-state index in [-0.39, 0.29) is 5.75 Å². The lowest BCUT2D eigenvalue weighted by Gasteiger charge is -2.25. The van der Waals surface area contributed by atoms with E-state index in [1.165, 1.54) is 0 Å². The Bertz CT molecular complexity index is 936. The van der Waals surface area contributed by atoms with Gasteiger partial charge in [-0.05, 0) is 35.4 Å². The van der Waals surface area contributed by atoms with Crippen molar-refractivity contribution < 1.29 is 21.6 Å². The number of nitrogens with one attached hydrogen (secondary N) is 1. The van der Waals surface area contributed by atoms with E-state index in [0.29, 0.717) is 0 Å². The zero-order chi connectivity index (χ0) is 20.9. The second-order valence-corrected chi connectivity index (χ2v) is 7.15. The Morgan fingerprint density at radius 1 is 0.828 bits per heavy atom. The van der Waals surface area contributed by atoms with Gasteiger partial charge in [-0.25, -0.2) is 0 Å². The largest absolute Gasteiger partial charge is 0.416 e. The van der Waals surface area contributed by atoms with Gasteiger partial charge < -0.3 is 9.92 Å². The van der Waals surface area contributed by atoms with E-state index in [4.69, 9.17) is 9.92 Å². The third kappa shape index (κ3) is 5.66. The molecule has 0 saturated carbocycles. The Morgan fingerprint density at radius 3 is 1.86 bits per heavy atom. The quantitative estimate of drug-likeness (QED) is 0.583. The number of alkyl halides is 3. The van der Waals surface area contributed by atoms with E-state index in [1.807, 2.05) is 60.7 Å². The van der Waals surface area contributed by atoms with E-state index < -0.39 is 35.1 Å². The smallest absolute Gasteiger partial charge is 0.389 e. The molecule has 3 atom stereocenters. The molecule has 0 aromatic heterocycles. The van der Waals surface area contributed by atoms with Crippen LogP contribution in [0.4, 0.5) is 13.2 Å². The molecule has 3 rings (SSSR count). The first-order chi connectivity index (χ1) is 13.8. The summed E-state index contributed by atoms with van der Waals surface area (Å²) in [5, 5.41) is 0. The highest BCUT2D eigenvalue weighted by Crippen LogP contribution is 2.31. The van der Waals surface area contributed by atoms with Crippen molar-refractivity contribution >= 4 is 11.3 Å². The zero-order valence-corrected chi connectivity index (χ0v) is 16.0. The van der Waals surface area contributed by atoms with Crippen molar-refractivity contribution in [2.45, 2.75) is 18.3 Å². The molecular formula is C21H19F3N2O2S. The van der Waals surface area contributed by atoms with E-state index in [0.717, 1.165) is 35.4 Å². The van der Waals surface area contributed by atoms with Gasteiger partial charge in [0.2, 0.25) is 0 Å². The zero-order valence-electron chi connectivity index (χ0n) is 15.2. The Labute approximate surface area is 169 Å². The number of hydrogen-bond acceptors (Lipinski definition) is 3. The van der Waals surface area contributed by atoms with E-state index in [9.17, 15) is 17.4 Å². The van der Waals surface area contributed by atoms with Gasteiger partial charge in [-0.2, -0.15) is 22.1 Å². The predicted molar refractivity (Wildman–Crippen MR) is 106 cm³/mol. The molecule has 3 N–H and O–H groups in total. The summed E-state index contributed by atoms with van der Waals surface area (Å²) >= 11 is -2.03. The molecule has 0 spiro atoms. The molecule has 0 aliphatic rings. The van der Waals surface area contributed by atoms with Crippen LogP contribution in [-0.2, 0) is 17.4 Å². The molecular weight excluding hydrogens is 401 g/mol. The second-order valence-electron chi connectivity index (χ2n) is 6.28. The third-order valence-corrected chi connectivity index (χ3v) is 5.07. The van der Waals surface area contributed by atoms with Gasteiger partial charge in [0.1, 0.15) is 5.75 Å². The van der Waals surface area contributed by atoms with E-state index >= 15 is 0 Å². The number of halogens is 3. The molecule has 1 unspecified atom stereocenters. The minimum absolute atomic E-state index is 0.0453.